The highest BCUT2D eigenvalue weighted by Gasteiger charge is 2.39. The van der Waals surface area contributed by atoms with Crippen molar-refractivity contribution in [3.63, 3.8) is 0 Å². The second-order valence-electron chi connectivity index (χ2n) is 4.75. The highest BCUT2D eigenvalue weighted by atomic mass is 19.1. The van der Waals surface area contributed by atoms with E-state index in [1.165, 1.54) is 12.1 Å². The van der Waals surface area contributed by atoms with Gasteiger partial charge in [-0.05, 0) is 24.3 Å². The van der Waals surface area contributed by atoms with Crippen LogP contribution >= 0.6 is 0 Å². The third-order valence-corrected chi connectivity index (χ3v) is 3.47. The highest BCUT2D eigenvalue weighted by molar-refractivity contribution is 6.22. The summed E-state index contributed by atoms with van der Waals surface area (Å²) in [4.78, 5) is 25.0. The van der Waals surface area contributed by atoms with Crippen LogP contribution in [-0.2, 0) is 6.54 Å². The Balaban J connectivity index is 2.03. The van der Waals surface area contributed by atoms with Gasteiger partial charge < -0.3 is 10.2 Å². The third-order valence-electron chi connectivity index (χ3n) is 3.47. The van der Waals surface area contributed by atoms with Crippen LogP contribution in [0.4, 0.5) is 8.78 Å². The second-order valence-corrected chi connectivity index (χ2v) is 4.75. The van der Waals surface area contributed by atoms with Crippen molar-refractivity contribution in [1.29, 1.82) is 0 Å². The summed E-state index contributed by atoms with van der Waals surface area (Å²) in [5, 5.41) is 19.1. The minimum atomic E-state index is -0.920. The van der Waals surface area contributed by atoms with Crippen LogP contribution < -0.4 is 0 Å². The molecule has 0 bridgehead atoms. The molecule has 0 saturated carbocycles. The molecule has 5 nitrogen and oxygen atoms in total. The van der Waals surface area contributed by atoms with Gasteiger partial charge in [0.1, 0.15) is 11.6 Å². The molecule has 0 spiro atoms. The molecule has 2 N–H and O–H groups in total. The Bertz CT molecular complexity index is 799. The van der Waals surface area contributed by atoms with Crippen molar-refractivity contribution in [3.05, 3.63) is 58.7 Å². The number of carbonyl (C=O) groups is 2. The van der Waals surface area contributed by atoms with Gasteiger partial charge in [-0.2, -0.15) is 0 Å². The van der Waals surface area contributed by atoms with Gasteiger partial charge in [0.05, 0.1) is 17.7 Å². The van der Waals surface area contributed by atoms with Crippen LogP contribution in [0.25, 0.3) is 0 Å². The number of halogens is 2. The largest absolute Gasteiger partial charge is 0.504 e. The molecule has 112 valence electrons. The van der Waals surface area contributed by atoms with E-state index in [0.29, 0.717) is 4.90 Å². The minimum Gasteiger partial charge on any atom is -0.504 e. The van der Waals surface area contributed by atoms with E-state index >= 15 is 0 Å². The van der Waals surface area contributed by atoms with Crippen LogP contribution in [0, 0.1) is 11.6 Å². The van der Waals surface area contributed by atoms with E-state index in [9.17, 15) is 28.6 Å². The van der Waals surface area contributed by atoms with Gasteiger partial charge in [0, 0.05) is 5.56 Å². The van der Waals surface area contributed by atoms with Crippen molar-refractivity contribution in [2.24, 2.45) is 0 Å². The molecular weight excluding hydrogens is 296 g/mol. The maximum absolute atomic E-state index is 13.7. The fraction of sp³-hybridized carbons (Fsp3) is 0.0667. The van der Waals surface area contributed by atoms with Crippen LogP contribution in [0.15, 0.2) is 30.3 Å². The van der Waals surface area contributed by atoms with Crippen molar-refractivity contribution in [2.45, 2.75) is 6.54 Å². The van der Waals surface area contributed by atoms with E-state index in [1.807, 2.05) is 0 Å². The van der Waals surface area contributed by atoms with Crippen LogP contribution in [0.1, 0.15) is 26.3 Å². The summed E-state index contributed by atoms with van der Waals surface area (Å²) >= 11 is 0. The number of benzene rings is 2. The number of hydrogen-bond donors (Lipinski definition) is 2. The molecule has 2 aromatic rings. The number of carbonyl (C=O) groups excluding carboxylic acids is 2. The predicted octanol–water partition coefficient (Wildman–Crippen LogP) is 2.17. The number of rotatable bonds is 2. The van der Waals surface area contributed by atoms with Gasteiger partial charge in [0.15, 0.2) is 11.5 Å². The van der Waals surface area contributed by atoms with Crippen LogP contribution in [-0.4, -0.2) is 26.9 Å². The van der Waals surface area contributed by atoms with Crippen LogP contribution in [0.5, 0.6) is 11.5 Å². The average Bonchev–Trinajstić information content (AvgIpc) is 2.71. The van der Waals surface area contributed by atoms with E-state index in [4.69, 9.17) is 0 Å². The standard InChI is InChI=1S/C15H9F2NO4/c16-9-2-1-3-10(17)8(9)6-18-14(21)7-4-5-11(19)13(20)12(7)15(18)22/h1-5,19-20H,6H2. The molecule has 0 aromatic heterocycles. The maximum atomic E-state index is 13.7. The second kappa shape index (κ2) is 4.80. The molecule has 0 radical (unpaired) electrons. The van der Waals surface area contributed by atoms with Crippen LogP contribution in [0.3, 0.4) is 0 Å². The molecule has 0 atom stereocenters. The molecule has 0 fully saturated rings. The summed E-state index contributed by atoms with van der Waals surface area (Å²) < 4.78 is 27.3. The third kappa shape index (κ3) is 1.90. The molecule has 3 rings (SSSR count). The van der Waals surface area contributed by atoms with Gasteiger partial charge in [-0.25, -0.2) is 8.78 Å². The van der Waals surface area contributed by atoms with E-state index < -0.39 is 47.1 Å². The number of hydrogen-bond acceptors (Lipinski definition) is 4. The van der Waals surface area contributed by atoms with Gasteiger partial charge >= 0.3 is 0 Å². The summed E-state index contributed by atoms with van der Waals surface area (Å²) in [7, 11) is 0. The molecule has 2 aromatic carbocycles. The number of nitrogens with zero attached hydrogens (tertiary/aromatic N) is 1. The van der Waals surface area contributed by atoms with E-state index in [2.05, 4.69) is 0 Å². The Morgan fingerprint density at radius 3 is 2.23 bits per heavy atom. The Labute approximate surface area is 123 Å². The topological polar surface area (TPSA) is 77.8 Å². The fourth-order valence-corrected chi connectivity index (χ4v) is 2.33. The smallest absolute Gasteiger partial charge is 0.265 e. The first-order valence-electron chi connectivity index (χ1n) is 6.26. The zero-order valence-corrected chi connectivity index (χ0v) is 11.0. The maximum Gasteiger partial charge on any atom is 0.265 e. The fourth-order valence-electron chi connectivity index (χ4n) is 2.33. The minimum absolute atomic E-state index is 0.128. The molecule has 1 heterocycles. The zero-order valence-electron chi connectivity index (χ0n) is 11.0. The summed E-state index contributed by atoms with van der Waals surface area (Å²) in [6.45, 7) is -0.606. The van der Waals surface area contributed by atoms with Gasteiger partial charge in [-0.3, -0.25) is 14.5 Å². The summed E-state index contributed by atoms with van der Waals surface area (Å²) in [5.74, 6) is -4.77. The number of fused-ring (bicyclic) bond motifs is 1. The molecular formula is C15H9F2NO4. The predicted molar refractivity (Wildman–Crippen MR) is 70.3 cm³/mol. The Morgan fingerprint density at radius 1 is 0.955 bits per heavy atom. The molecule has 2 amide bonds. The SMILES string of the molecule is O=C1c2ccc(O)c(O)c2C(=O)N1Cc1c(F)cccc1F. The summed E-state index contributed by atoms with van der Waals surface area (Å²) in [6.07, 6.45) is 0. The summed E-state index contributed by atoms with van der Waals surface area (Å²) in [5.41, 5.74) is -0.931. The quantitative estimate of drug-likeness (QED) is 0.658. The van der Waals surface area contributed by atoms with E-state index in [0.717, 1.165) is 18.2 Å². The van der Waals surface area contributed by atoms with Crippen molar-refractivity contribution < 1.29 is 28.6 Å². The Hall–Kier alpha value is -2.96. The molecule has 0 saturated heterocycles. The Kier molecular flexibility index (Phi) is 3.05. The van der Waals surface area contributed by atoms with Gasteiger partial charge in [0.25, 0.3) is 11.8 Å². The first kappa shape index (κ1) is 14.0. The molecule has 7 heteroatoms. The molecule has 22 heavy (non-hydrogen) atoms. The lowest BCUT2D eigenvalue weighted by molar-refractivity contribution is 0.0638. The lowest BCUT2D eigenvalue weighted by atomic mass is 10.1. The molecule has 1 aliphatic rings. The first-order valence-corrected chi connectivity index (χ1v) is 6.26. The lowest BCUT2D eigenvalue weighted by Gasteiger charge is -2.14. The van der Waals surface area contributed by atoms with Crippen molar-refractivity contribution >= 4 is 11.8 Å². The number of phenolic OH excluding ortho intramolecular Hbond substituents is 2. The number of amides is 2. The van der Waals surface area contributed by atoms with E-state index in [1.54, 1.807) is 0 Å². The average molecular weight is 305 g/mol. The van der Waals surface area contributed by atoms with Gasteiger partial charge in [-0.1, -0.05) is 6.07 Å². The van der Waals surface area contributed by atoms with Gasteiger partial charge in [0.2, 0.25) is 0 Å². The van der Waals surface area contributed by atoms with Gasteiger partial charge in [-0.15, -0.1) is 0 Å². The van der Waals surface area contributed by atoms with Crippen molar-refractivity contribution in [2.75, 3.05) is 0 Å². The Morgan fingerprint density at radius 2 is 1.59 bits per heavy atom. The van der Waals surface area contributed by atoms with Crippen molar-refractivity contribution in [1.82, 2.24) is 4.90 Å². The number of aromatic hydroxyl groups is 2. The molecule has 0 aliphatic carbocycles. The van der Waals surface area contributed by atoms with Crippen molar-refractivity contribution in [3.8, 4) is 11.5 Å². The zero-order chi connectivity index (χ0) is 16.0. The normalized spacial score (nSPS) is 13.6. The number of phenols is 2. The monoisotopic (exact) mass is 305 g/mol. The lowest BCUT2D eigenvalue weighted by Crippen LogP contribution is -2.30. The first-order chi connectivity index (χ1) is 10.4. The summed E-state index contributed by atoms with van der Waals surface area (Å²) in [6, 6.07) is 5.43. The molecule has 0 unspecified atom stereocenters. The molecule has 1 aliphatic heterocycles. The number of imide groups is 1. The van der Waals surface area contributed by atoms with Crippen LogP contribution in [0.2, 0.25) is 0 Å². The van der Waals surface area contributed by atoms with E-state index in [-0.39, 0.29) is 11.1 Å². The highest BCUT2D eigenvalue weighted by Crippen LogP contribution is 2.37.